The normalized spacial score (nSPS) is 36.2. The lowest BCUT2D eigenvalue weighted by molar-refractivity contribution is -0.145. The van der Waals surface area contributed by atoms with Gasteiger partial charge in [-0.25, -0.2) is 0 Å². The summed E-state index contributed by atoms with van der Waals surface area (Å²) in [6.07, 6.45) is 9.27. The summed E-state index contributed by atoms with van der Waals surface area (Å²) in [7, 11) is 0. The number of rotatable bonds is 5. The zero-order chi connectivity index (χ0) is 18.3. The molecule has 4 aliphatic carbocycles. The third kappa shape index (κ3) is 3.60. The molecule has 0 aromatic carbocycles. The van der Waals surface area contributed by atoms with Gasteiger partial charge in [0.25, 0.3) is 0 Å². The standard InChI is InChI=1S/C20H30N2O4/c23-17(11-20-8-13-5-14(9-20)7-15(6-13)10-20)21-12-18(24)22-3-1-16(2-4-22)19(25)26/h13-16H,1-12H2,(H,21,23)(H,25,26). The Morgan fingerprint density at radius 1 is 0.962 bits per heavy atom. The van der Waals surface area contributed by atoms with Crippen molar-refractivity contribution in [2.45, 2.75) is 57.8 Å². The molecule has 0 aromatic rings. The van der Waals surface area contributed by atoms with E-state index in [0.29, 0.717) is 32.4 Å². The molecule has 144 valence electrons. The van der Waals surface area contributed by atoms with Gasteiger partial charge >= 0.3 is 5.97 Å². The number of piperidine rings is 1. The molecule has 1 heterocycles. The fourth-order valence-electron chi connectivity index (χ4n) is 6.57. The largest absolute Gasteiger partial charge is 0.481 e. The Morgan fingerprint density at radius 3 is 2.00 bits per heavy atom. The molecule has 4 bridgehead atoms. The topological polar surface area (TPSA) is 86.7 Å². The van der Waals surface area contributed by atoms with Crippen molar-refractivity contribution in [2.24, 2.45) is 29.1 Å². The number of likely N-dealkylation sites (tertiary alicyclic amines) is 1. The number of carbonyl (C=O) groups is 3. The van der Waals surface area contributed by atoms with Gasteiger partial charge < -0.3 is 15.3 Å². The van der Waals surface area contributed by atoms with Crippen LogP contribution in [0, 0.1) is 29.1 Å². The van der Waals surface area contributed by atoms with Crippen molar-refractivity contribution < 1.29 is 19.5 Å². The third-order valence-electron chi connectivity index (χ3n) is 7.33. The molecule has 5 rings (SSSR count). The van der Waals surface area contributed by atoms with Gasteiger partial charge in [0.1, 0.15) is 0 Å². The van der Waals surface area contributed by atoms with Crippen LogP contribution in [0.3, 0.4) is 0 Å². The smallest absolute Gasteiger partial charge is 0.306 e. The summed E-state index contributed by atoms with van der Waals surface area (Å²) in [5.74, 6) is 1.28. The SMILES string of the molecule is O=C(CC12CC3CC(CC(C3)C1)C2)NCC(=O)N1CCC(C(=O)O)CC1. The number of hydrogen-bond donors (Lipinski definition) is 2. The number of hydrogen-bond acceptors (Lipinski definition) is 3. The highest BCUT2D eigenvalue weighted by Gasteiger charge is 2.51. The highest BCUT2D eigenvalue weighted by molar-refractivity contribution is 5.85. The Labute approximate surface area is 154 Å². The Balaban J connectivity index is 1.23. The minimum Gasteiger partial charge on any atom is -0.481 e. The summed E-state index contributed by atoms with van der Waals surface area (Å²) in [6.45, 7) is 0.990. The van der Waals surface area contributed by atoms with Gasteiger partial charge in [-0.15, -0.1) is 0 Å². The van der Waals surface area contributed by atoms with E-state index >= 15 is 0 Å². The molecule has 0 unspecified atom stereocenters. The molecule has 5 aliphatic rings. The Morgan fingerprint density at radius 2 is 1.50 bits per heavy atom. The van der Waals surface area contributed by atoms with E-state index in [1.54, 1.807) is 4.90 Å². The van der Waals surface area contributed by atoms with Gasteiger partial charge in [-0.3, -0.25) is 14.4 Å². The van der Waals surface area contributed by atoms with Crippen molar-refractivity contribution in [1.82, 2.24) is 10.2 Å². The van der Waals surface area contributed by atoms with Crippen LogP contribution in [0.4, 0.5) is 0 Å². The number of amides is 2. The molecule has 0 spiro atoms. The second kappa shape index (κ2) is 6.86. The van der Waals surface area contributed by atoms with Crippen LogP contribution >= 0.6 is 0 Å². The fraction of sp³-hybridized carbons (Fsp3) is 0.850. The first-order valence-electron chi connectivity index (χ1n) is 10.2. The number of carboxylic acid groups (broad SMARTS) is 1. The first-order valence-corrected chi connectivity index (χ1v) is 10.2. The molecular weight excluding hydrogens is 332 g/mol. The van der Waals surface area contributed by atoms with E-state index in [9.17, 15) is 14.4 Å². The average Bonchev–Trinajstić information content (AvgIpc) is 2.58. The summed E-state index contributed by atoms with van der Waals surface area (Å²) in [6, 6.07) is 0. The zero-order valence-electron chi connectivity index (χ0n) is 15.4. The fourth-order valence-corrected chi connectivity index (χ4v) is 6.57. The van der Waals surface area contributed by atoms with Crippen LogP contribution in [-0.4, -0.2) is 47.4 Å². The number of nitrogens with zero attached hydrogens (tertiary/aromatic N) is 1. The average molecular weight is 362 g/mol. The van der Waals surface area contributed by atoms with E-state index in [1.165, 1.54) is 38.5 Å². The van der Waals surface area contributed by atoms with E-state index in [4.69, 9.17) is 5.11 Å². The van der Waals surface area contributed by atoms with E-state index in [1.807, 2.05) is 0 Å². The lowest BCUT2D eigenvalue weighted by atomic mass is 9.49. The van der Waals surface area contributed by atoms with Gasteiger partial charge in [0.05, 0.1) is 12.5 Å². The van der Waals surface area contributed by atoms with Crippen molar-refractivity contribution in [1.29, 1.82) is 0 Å². The van der Waals surface area contributed by atoms with Crippen molar-refractivity contribution in [2.75, 3.05) is 19.6 Å². The molecule has 0 aromatic heterocycles. The predicted octanol–water partition coefficient (Wildman–Crippen LogP) is 2.03. The van der Waals surface area contributed by atoms with Crippen LogP contribution in [0.2, 0.25) is 0 Å². The highest BCUT2D eigenvalue weighted by Crippen LogP contribution is 2.61. The van der Waals surface area contributed by atoms with Crippen molar-refractivity contribution in [3.05, 3.63) is 0 Å². The zero-order valence-corrected chi connectivity index (χ0v) is 15.4. The first-order chi connectivity index (χ1) is 12.4. The van der Waals surface area contributed by atoms with Gasteiger partial charge in [-0.05, 0) is 74.5 Å². The summed E-state index contributed by atoms with van der Waals surface area (Å²) < 4.78 is 0. The molecule has 0 atom stereocenters. The van der Waals surface area contributed by atoms with E-state index in [2.05, 4.69) is 5.32 Å². The molecule has 6 heteroatoms. The number of aliphatic carboxylic acids is 1. The summed E-state index contributed by atoms with van der Waals surface area (Å²) in [5, 5.41) is 11.9. The van der Waals surface area contributed by atoms with Crippen molar-refractivity contribution in [3.63, 3.8) is 0 Å². The van der Waals surface area contributed by atoms with Gasteiger partial charge in [0.15, 0.2) is 0 Å². The van der Waals surface area contributed by atoms with Gasteiger partial charge in [-0.1, -0.05) is 0 Å². The van der Waals surface area contributed by atoms with E-state index in [0.717, 1.165) is 17.8 Å². The molecule has 5 fully saturated rings. The Hall–Kier alpha value is -1.59. The number of carbonyl (C=O) groups excluding carboxylic acids is 2. The quantitative estimate of drug-likeness (QED) is 0.783. The maximum Gasteiger partial charge on any atom is 0.306 e. The maximum absolute atomic E-state index is 12.5. The van der Waals surface area contributed by atoms with Crippen molar-refractivity contribution in [3.8, 4) is 0 Å². The molecule has 0 radical (unpaired) electrons. The lowest BCUT2D eigenvalue weighted by Crippen LogP contribution is -2.49. The van der Waals surface area contributed by atoms with E-state index in [-0.39, 0.29) is 29.7 Å². The molecular formula is C20H30N2O4. The molecule has 2 amide bonds. The Kier molecular flexibility index (Phi) is 4.70. The maximum atomic E-state index is 12.5. The van der Waals surface area contributed by atoms with Gasteiger partial charge in [0.2, 0.25) is 11.8 Å². The van der Waals surface area contributed by atoms with Crippen LogP contribution in [0.5, 0.6) is 0 Å². The van der Waals surface area contributed by atoms with Crippen LogP contribution in [0.1, 0.15) is 57.8 Å². The van der Waals surface area contributed by atoms with Crippen molar-refractivity contribution >= 4 is 17.8 Å². The van der Waals surface area contributed by atoms with Crippen LogP contribution in [0.15, 0.2) is 0 Å². The molecule has 1 saturated heterocycles. The third-order valence-corrected chi connectivity index (χ3v) is 7.33. The summed E-state index contributed by atoms with van der Waals surface area (Å²) >= 11 is 0. The first kappa shape index (κ1) is 17.8. The van der Waals surface area contributed by atoms with Crippen LogP contribution in [-0.2, 0) is 14.4 Å². The predicted molar refractivity (Wildman–Crippen MR) is 95.2 cm³/mol. The second-order valence-corrected chi connectivity index (χ2v) is 9.36. The molecule has 2 N–H and O–H groups in total. The minimum absolute atomic E-state index is 0.0146. The number of nitrogens with one attached hydrogen (secondary N) is 1. The lowest BCUT2D eigenvalue weighted by Gasteiger charge is -2.56. The minimum atomic E-state index is -0.777. The van der Waals surface area contributed by atoms with Gasteiger partial charge in [0, 0.05) is 19.5 Å². The highest BCUT2D eigenvalue weighted by atomic mass is 16.4. The number of carboxylic acids is 1. The van der Waals surface area contributed by atoms with Crippen LogP contribution in [0.25, 0.3) is 0 Å². The molecule has 26 heavy (non-hydrogen) atoms. The van der Waals surface area contributed by atoms with Crippen LogP contribution < -0.4 is 5.32 Å². The molecule has 1 aliphatic heterocycles. The van der Waals surface area contributed by atoms with E-state index < -0.39 is 5.97 Å². The summed E-state index contributed by atoms with van der Waals surface area (Å²) in [5.41, 5.74) is 0.196. The monoisotopic (exact) mass is 362 g/mol. The molecule has 6 nitrogen and oxygen atoms in total. The molecule has 4 saturated carbocycles. The van der Waals surface area contributed by atoms with Gasteiger partial charge in [-0.2, -0.15) is 0 Å². The summed E-state index contributed by atoms with van der Waals surface area (Å²) in [4.78, 5) is 37.5. The second-order valence-electron chi connectivity index (χ2n) is 9.36. The Bertz CT molecular complexity index is 559.